The Morgan fingerprint density at radius 1 is 1.15 bits per heavy atom. The summed E-state index contributed by atoms with van der Waals surface area (Å²) < 4.78 is 0. The number of hydroxylamine groups is 3. The summed E-state index contributed by atoms with van der Waals surface area (Å²) in [6.45, 7) is 1.60. The van der Waals surface area contributed by atoms with Gasteiger partial charge in [-0.1, -0.05) is 49.6 Å². The molecule has 0 unspecified atom stereocenters. The Bertz CT molecular complexity index is 650. The van der Waals surface area contributed by atoms with Crippen LogP contribution in [0, 0.1) is 0 Å². The molecule has 5 nitrogen and oxygen atoms in total. The average molecular weight is 374 g/mol. The molecule has 0 amide bonds. The molecule has 2 N–H and O–H groups in total. The lowest BCUT2D eigenvalue weighted by atomic mass is 9.91. The van der Waals surface area contributed by atoms with Gasteiger partial charge in [0.1, 0.15) is 5.60 Å². The quantitative estimate of drug-likeness (QED) is 0.791. The van der Waals surface area contributed by atoms with Crippen molar-refractivity contribution in [3.05, 3.63) is 42.0 Å². The highest BCUT2D eigenvalue weighted by Crippen LogP contribution is 2.34. The molecule has 0 radical (unpaired) electrons. The Balaban J connectivity index is 1.27. The molecule has 1 aliphatic carbocycles. The van der Waals surface area contributed by atoms with Crippen molar-refractivity contribution in [1.82, 2.24) is 15.9 Å². The van der Waals surface area contributed by atoms with Crippen molar-refractivity contribution < 1.29 is 9.68 Å². The molecule has 0 atom stereocenters. The summed E-state index contributed by atoms with van der Waals surface area (Å²) in [5, 5.41) is 5.84. The van der Waals surface area contributed by atoms with E-state index < -0.39 is 0 Å². The van der Waals surface area contributed by atoms with E-state index in [-0.39, 0.29) is 5.60 Å². The van der Waals surface area contributed by atoms with Gasteiger partial charge in [0.05, 0.1) is 5.70 Å². The molecular formula is C20H27N3O2S. The van der Waals surface area contributed by atoms with E-state index in [0.717, 1.165) is 37.2 Å². The molecule has 2 fully saturated rings. The van der Waals surface area contributed by atoms with Crippen molar-refractivity contribution in [2.24, 2.45) is 0 Å². The maximum atomic E-state index is 5.95. The molecule has 1 saturated heterocycles. The first-order valence-corrected chi connectivity index (χ1v) is 10.1. The maximum absolute atomic E-state index is 5.95. The third-order valence-electron chi connectivity index (χ3n) is 5.56. The van der Waals surface area contributed by atoms with E-state index in [1.807, 2.05) is 23.3 Å². The summed E-state index contributed by atoms with van der Waals surface area (Å²) in [7, 11) is 0. The summed E-state index contributed by atoms with van der Waals surface area (Å²) in [4.78, 5) is 11.8. The minimum atomic E-state index is -0.247. The lowest BCUT2D eigenvalue weighted by Crippen LogP contribution is -2.47. The van der Waals surface area contributed by atoms with Crippen molar-refractivity contribution in [3.8, 4) is 0 Å². The zero-order valence-corrected chi connectivity index (χ0v) is 15.9. The van der Waals surface area contributed by atoms with Crippen molar-refractivity contribution in [2.45, 2.75) is 56.6 Å². The molecule has 4 rings (SSSR count). The van der Waals surface area contributed by atoms with Crippen LogP contribution in [0.4, 0.5) is 0 Å². The Kier molecular flexibility index (Phi) is 5.43. The fourth-order valence-corrected chi connectivity index (χ4v) is 4.27. The second-order valence-corrected chi connectivity index (χ2v) is 7.85. The van der Waals surface area contributed by atoms with Crippen LogP contribution in [0.3, 0.4) is 0 Å². The van der Waals surface area contributed by atoms with Crippen LogP contribution in [0.1, 0.15) is 50.5 Å². The average Bonchev–Trinajstić information content (AvgIpc) is 3.09. The first kappa shape index (κ1) is 17.8. The summed E-state index contributed by atoms with van der Waals surface area (Å²) in [5.41, 5.74) is 5.06. The molecule has 26 heavy (non-hydrogen) atoms. The number of hydrogen-bond acceptors (Lipinski definition) is 5. The van der Waals surface area contributed by atoms with Gasteiger partial charge in [0, 0.05) is 19.1 Å². The normalized spacial score (nSPS) is 23.3. The third kappa shape index (κ3) is 4.19. The second-order valence-electron chi connectivity index (χ2n) is 7.48. The number of hydrogen-bond donors (Lipinski definition) is 2. The van der Waals surface area contributed by atoms with E-state index in [2.05, 4.69) is 29.0 Å². The largest absolute Gasteiger partial charge is 0.376 e. The monoisotopic (exact) mass is 373 g/mol. The van der Waals surface area contributed by atoms with Crippen molar-refractivity contribution in [2.75, 3.05) is 13.1 Å². The summed E-state index contributed by atoms with van der Waals surface area (Å²) in [6.07, 6.45) is 10.3. The molecule has 2 aliphatic heterocycles. The standard InChI is InChI=1S/C20H27N3O2S/c26-19(21-17-9-5-2-6-10-17)24-23-13-11-20(12-14-23)15-18(22-25-20)16-7-3-1-4-8-16/h1,3-4,7-8,15,17,22H,2,5-6,9-14H2,(H,21,26). The van der Waals surface area contributed by atoms with E-state index in [1.165, 1.54) is 32.1 Å². The van der Waals surface area contributed by atoms with Crippen LogP contribution in [-0.2, 0) is 9.68 Å². The predicted molar refractivity (Wildman–Crippen MR) is 106 cm³/mol. The molecule has 2 heterocycles. The van der Waals surface area contributed by atoms with Gasteiger partial charge in [0.2, 0.25) is 0 Å². The first-order chi connectivity index (χ1) is 12.7. The number of rotatable bonds is 3. The Labute approximate surface area is 160 Å². The minimum Gasteiger partial charge on any atom is -0.376 e. The lowest BCUT2D eigenvalue weighted by Gasteiger charge is -2.36. The van der Waals surface area contributed by atoms with Gasteiger partial charge in [0.15, 0.2) is 0 Å². The van der Waals surface area contributed by atoms with Gasteiger partial charge in [-0.05, 0) is 49.5 Å². The van der Waals surface area contributed by atoms with Crippen molar-refractivity contribution >= 4 is 23.1 Å². The molecule has 1 aromatic carbocycles. The van der Waals surface area contributed by atoms with Gasteiger partial charge in [-0.3, -0.25) is 10.3 Å². The van der Waals surface area contributed by atoms with Gasteiger partial charge in [-0.2, -0.15) is 0 Å². The number of nitrogens with one attached hydrogen (secondary N) is 2. The first-order valence-electron chi connectivity index (χ1n) is 9.68. The van der Waals surface area contributed by atoms with Crippen LogP contribution in [0.2, 0.25) is 0 Å². The maximum Gasteiger partial charge on any atom is 0.278 e. The Hall–Kier alpha value is -1.63. The zero-order valence-electron chi connectivity index (χ0n) is 15.1. The SMILES string of the molecule is S=C(NC1CCCCC1)ON1CCC2(C=C(c3ccccc3)NO2)CC1. The minimum absolute atomic E-state index is 0.247. The smallest absolute Gasteiger partial charge is 0.278 e. The van der Waals surface area contributed by atoms with E-state index in [0.29, 0.717) is 11.2 Å². The fourth-order valence-electron chi connectivity index (χ4n) is 4.00. The summed E-state index contributed by atoms with van der Waals surface area (Å²) in [5.74, 6) is 0. The highest BCUT2D eigenvalue weighted by molar-refractivity contribution is 7.80. The topological polar surface area (TPSA) is 45.8 Å². The van der Waals surface area contributed by atoms with Gasteiger partial charge >= 0.3 is 0 Å². The van der Waals surface area contributed by atoms with E-state index >= 15 is 0 Å². The highest BCUT2D eigenvalue weighted by Gasteiger charge is 2.39. The van der Waals surface area contributed by atoms with Crippen molar-refractivity contribution in [3.63, 3.8) is 0 Å². The lowest BCUT2D eigenvalue weighted by molar-refractivity contribution is -0.144. The third-order valence-corrected chi connectivity index (χ3v) is 5.76. The zero-order chi connectivity index (χ0) is 17.8. The molecule has 1 spiro atoms. The van der Waals surface area contributed by atoms with Crippen LogP contribution in [0.5, 0.6) is 0 Å². The molecule has 3 aliphatic rings. The van der Waals surface area contributed by atoms with Crippen LogP contribution < -0.4 is 10.8 Å². The van der Waals surface area contributed by atoms with E-state index in [4.69, 9.17) is 21.9 Å². The highest BCUT2D eigenvalue weighted by atomic mass is 32.1. The van der Waals surface area contributed by atoms with E-state index in [9.17, 15) is 0 Å². The summed E-state index contributed by atoms with van der Waals surface area (Å²) >= 11 is 5.39. The van der Waals surface area contributed by atoms with Gasteiger partial charge in [-0.15, -0.1) is 5.06 Å². The molecular weight excluding hydrogens is 346 g/mol. The number of thiocarbonyl (C=S) groups is 1. The molecule has 140 valence electrons. The summed E-state index contributed by atoms with van der Waals surface area (Å²) in [6, 6.07) is 10.8. The molecule has 1 aromatic rings. The van der Waals surface area contributed by atoms with Gasteiger partial charge < -0.3 is 10.2 Å². The van der Waals surface area contributed by atoms with Gasteiger partial charge in [-0.25, -0.2) is 0 Å². The Morgan fingerprint density at radius 2 is 1.88 bits per heavy atom. The van der Waals surface area contributed by atoms with Crippen LogP contribution >= 0.6 is 12.2 Å². The molecule has 6 heteroatoms. The van der Waals surface area contributed by atoms with E-state index in [1.54, 1.807) is 0 Å². The molecule has 0 aromatic heterocycles. The second kappa shape index (κ2) is 7.94. The number of benzene rings is 1. The van der Waals surface area contributed by atoms with Crippen molar-refractivity contribution in [1.29, 1.82) is 0 Å². The molecule has 1 saturated carbocycles. The van der Waals surface area contributed by atoms with Gasteiger partial charge in [0.25, 0.3) is 5.17 Å². The van der Waals surface area contributed by atoms with Crippen LogP contribution in [0.25, 0.3) is 5.70 Å². The fraction of sp³-hybridized carbons (Fsp3) is 0.550. The van der Waals surface area contributed by atoms with Crippen LogP contribution in [-0.4, -0.2) is 35.0 Å². The molecule has 0 bridgehead atoms. The van der Waals surface area contributed by atoms with Crippen LogP contribution in [0.15, 0.2) is 36.4 Å². The number of piperidine rings is 1. The number of nitrogens with zero attached hydrogens (tertiary/aromatic N) is 1. The predicted octanol–water partition coefficient (Wildman–Crippen LogP) is 3.54. The Morgan fingerprint density at radius 3 is 2.62 bits per heavy atom.